The van der Waals surface area contributed by atoms with Gasteiger partial charge >= 0.3 is 5.97 Å². The molecule has 80 valence electrons. The minimum absolute atomic E-state index is 0.516. The smallest absolute Gasteiger partial charge is 0.321 e. The first kappa shape index (κ1) is 9.93. The highest BCUT2D eigenvalue weighted by atomic mass is 16.4. The van der Waals surface area contributed by atoms with Crippen LogP contribution in [0, 0.1) is 11.8 Å². The van der Waals surface area contributed by atoms with Crippen LogP contribution in [0.15, 0.2) is 0 Å². The molecule has 14 heavy (non-hydrogen) atoms. The molecular weight excluding hydrogens is 180 g/mol. The number of carboxylic acids is 1. The topological polar surface area (TPSA) is 66.6 Å². The molecule has 2 rings (SSSR count). The van der Waals surface area contributed by atoms with Crippen LogP contribution in [0.25, 0.3) is 0 Å². The first-order chi connectivity index (χ1) is 6.66. The van der Waals surface area contributed by atoms with Crippen LogP contribution in [-0.2, 0) is 4.79 Å². The molecule has 4 nitrogen and oxygen atoms in total. The van der Waals surface area contributed by atoms with Crippen molar-refractivity contribution in [1.82, 2.24) is 4.90 Å². The minimum Gasteiger partial charge on any atom is -0.480 e. The van der Waals surface area contributed by atoms with Gasteiger partial charge in [0.15, 0.2) is 0 Å². The monoisotopic (exact) mass is 198 g/mol. The van der Waals surface area contributed by atoms with Gasteiger partial charge in [-0.05, 0) is 24.7 Å². The second kappa shape index (κ2) is 3.87. The van der Waals surface area contributed by atoms with E-state index in [1.165, 1.54) is 19.3 Å². The minimum atomic E-state index is -0.887. The van der Waals surface area contributed by atoms with Gasteiger partial charge in [-0.3, -0.25) is 4.79 Å². The van der Waals surface area contributed by atoms with Gasteiger partial charge in [0, 0.05) is 19.6 Å². The third-order valence-electron chi connectivity index (χ3n) is 3.57. The standard InChI is InChI=1S/C10H18N2O2/c11-9(10(13)14)6-12-4-7-2-1-3-8(7)5-12/h7-9H,1-6,11H2,(H,13,14). The van der Waals surface area contributed by atoms with E-state index < -0.39 is 12.0 Å². The number of carbonyl (C=O) groups is 1. The van der Waals surface area contributed by atoms with Crippen molar-refractivity contribution in [2.75, 3.05) is 19.6 Å². The summed E-state index contributed by atoms with van der Waals surface area (Å²) in [4.78, 5) is 12.8. The van der Waals surface area contributed by atoms with E-state index in [-0.39, 0.29) is 0 Å². The van der Waals surface area contributed by atoms with E-state index in [2.05, 4.69) is 4.90 Å². The number of nitrogens with two attached hydrogens (primary N) is 1. The maximum atomic E-state index is 10.6. The lowest BCUT2D eigenvalue weighted by molar-refractivity contribution is -0.138. The molecule has 1 heterocycles. The van der Waals surface area contributed by atoms with Crippen LogP contribution in [0.3, 0.4) is 0 Å². The Labute approximate surface area is 84.1 Å². The summed E-state index contributed by atoms with van der Waals surface area (Å²) in [7, 11) is 0. The third kappa shape index (κ3) is 1.91. The Morgan fingerprint density at radius 3 is 2.50 bits per heavy atom. The van der Waals surface area contributed by atoms with Gasteiger partial charge in [-0.2, -0.15) is 0 Å². The Bertz CT molecular complexity index is 220. The zero-order valence-electron chi connectivity index (χ0n) is 8.35. The van der Waals surface area contributed by atoms with Gasteiger partial charge in [-0.15, -0.1) is 0 Å². The van der Waals surface area contributed by atoms with E-state index in [9.17, 15) is 4.79 Å². The van der Waals surface area contributed by atoms with Gasteiger partial charge in [-0.25, -0.2) is 0 Å². The maximum absolute atomic E-state index is 10.6. The fourth-order valence-electron chi connectivity index (χ4n) is 2.84. The molecule has 2 fully saturated rings. The number of nitrogens with zero attached hydrogens (tertiary/aromatic N) is 1. The zero-order valence-corrected chi connectivity index (χ0v) is 8.35. The number of rotatable bonds is 3. The van der Waals surface area contributed by atoms with Crippen LogP contribution in [0.2, 0.25) is 0 Å². The Hall–Kier alpha value is -0.610. The van der Waals surface area contributed by atoms with E-state index in [1.807, 2.05) is 0 Å². The Morgan fingerprint density at radius 1 is 1.43 bits per heavy atom. The molecule has 1 aliphatic heterocycles. The van der Waals surface area contributed by atoms with Crippen molar-refractivity contribution in [3.8, 4) is 0 Å². The SMILES string of the molecule is NC(CN1CC2CCCC2C1)C(=O)O. The van der Waals surface area contributed by atoms with Crippen molar-refractivity contribution in [3.63, 3.8) is 0 Å². The van der Waals surface area contributed by atoms with E-state index in [0.717, 1.165) is 24.9 Å². The number of hydrogen-bond donors (Lipinski definition) is 2. The second-order valence-corrected chi connectivity index (χ2v) is 4.61. The molecule has 0 bridgehead atoms. The highest BCUT2D eigenvalue weighted by Crippen LogP contribution is 2.37. The molecule has 2 aliphatic rings. The zero-order chi connectivity index (χ0) is 10.1. The molecule has 4 heteroatoms. The van der Waals surface area contributed by atoms with Crippen LogP contribution < -0.4 is 5.73 Å². The van der Waals surface area contributed by atoms with Gasteiger partial charge < -0.3 is 15.7 Å². The molecule has 3 unspecified atom stereocenters. The summed E-state index contributed by atoms with van der Waals surface area (Å²) < 4.78 is 0. The molecule has 1 aliphatic carbocycles. The average molecular weight is 198 g/mol. The number of carboxylic acid groups (broad SMARTS) is 1. The fraction of sp³-hybridized carbons (Fsp3) is 0.900. The summed E-state index contributed by atoms with van der Waals surface area (Å²) >= 11 is 0. The van der Waals surface area contributed by atoms with Gasteiger partial charge in [0.05, 0.1) is 0 Å². The quantitative estimate of drug-likeness (QED) is 0.676. The number of aliphatic carboxylic acids is 1. The van der Waals surface area contributed by atoms with E-state index in [0.29, 0.717) is 6.54 Å². The molecule has 0 aromatic rings. The molecule has 0 amide bonds. The van der Waals surface area contributed by atoms with Crippen LogP contribution in [0.5, 0.6) is 0 Å². The third-order valence-corrected chi connectivity index (χ3v) is 3.57. The number of hydrogen-bond acceptors (Lipinski definition) is 3. The summed E-state index contributed by atoms with van der Waals surface area (Å²) in [5, 5.41) is 8.69. The van der Waals surface area contributed by atoms with Crippen molar-refractivity contribution in [3.05, 3.63) is 0 Å². The van der Waals surface area contributed by atoms with Crippen LogP contribution in [0.4, 0.5) is 0 Å². The lowest BCUT2D eigenvalue weighted by Crippen LogP contribution is -2.42. The summed E-state index contributed by atoms with van der Waals surface area (Å²) in [6, 6.07) is -0.714. The molecule has 0 aromatic heterocycles. The van der Waals surface area contributed by atoms with Crippen molar-refractivity contribution >= 4 is 5.97 Å². The van der Waals surface area contributed by atoms with Crippen LogP contribution >= 0.6 is 0 Å². The van der Waals surface area contributed by atoms with Gasteiger partial charge in [-0.1, -0.05) is 6.42 Å². The Balaban J connectivity index is 1.81. The first-order valence-electron chi connectivity index (χ1n) is 5.37. The largest absolute Gasteiger partial charge is 0.480 e. The highest BCUT2D eigenvalue weighted by molar-refractivity contribution is 5.73. The van der Waals surface area contributed by atoms with Crippen molar-refractivity contribution in [2.45, 2.75) is 25.3 Å². The van der Waals surface area contributed by atoms with Crippen LogP contribution in [-0.4, -0.2) is 41.7 Å². The first-order valence-corrected chi connectivity index (χ1v) is 5.37. The van der Waals surface area contributed by atoms with E-state index in [1.54, 1.807) is 0 Å². The maximum Gasteiger partial charge on any atom is 0.321 e. The summed E-state index contributed by atoms with van der Waals surface area (Å²) in [5.41, 5.74) is 5.51. The number of likely N-dealkylation sites (tertiary alicyclic amines) is 1. The molecule has 3 N–H and O–H groups in total. The summed E-state index contributed by atoms with van der Waals surface area (Å²) in [5.74, 6) is 0.744. The van der Waals surface area contributed by atoms with Crippen molar-refractivity contribution < 1.29 is 9.90 Å². The van der Waals surface area contributed by atoms with Gasteiger partial charge in [0.1, 0.15) is 6.04 Å². The molecule has 1 saturated carbocycles. The molecule has 0 aromatic carbocycles. The van der Waals surface area contributed by atoms with E-state index >= 15 is 0 Å². The Morgan fingerprint density at radius 2 is 2.00 bits per heavy atom. The molecule has 3 atom stereocenters. The normalized spacial score (nSPS) is 34.4. The predicted molar refractivity (Wildman–Crippen MR) is 52.9 cm³/mol. The van der Waals surface area contributed by atoms with Gasteiger partial charge in [0.25, 0.3) is 0 Å². The van der Waals surface area contributed by atoms with Crippen molar-refractivity contribution in [2.24, 2.45) is 17.6 Å². The second-order valence-electron chi connectivity index (χ2n) is 4.61. The summed E-state index contributed by atoms with van der Waals surface area (Å²) in [6.45, 7) is 2.64. The number of fused-ring (bicyclic) bond motifs is 1. The predicted octanol–water partition coefficient (Wildman–Crippen LogP) is 0.130. The fourth-order valence-corrected chi connectivity index (χ4v) is 2.84. The van der Waals surface area contributed by atoms with Gasteiger partial charge in [0.2, 0.25) is 0 Å². The van der Waals surface area contributed by atoms with Crippen LogP contribution in [0.1, 0.15) is 19.3 Å². The lowest BCUT2D eigenvalue weighted by atomic mass is 10.0. The molecule has 0 spiro atoms. The molecular formula is C10H18N2O2. The summed E-state index contributed by atoms with van der Waals surface area (Å²) in [6.07, 6.45) is 4.00. The highest BCUT2D eigenvalue weighted by Gasteiger charge is 2.36. The van der Waals surface area contributed by atoms with Crippen molar-refractivity contribution in [1.29, 1.82) is 0 Å². The van der Waals surface area contributed by atoms with E-state index in [4.69, 9.17) is 10.8 Å². The average Bonchev–Trinajstić information content (AvgIpc) is 2.63. The Kier molecular flexibility index (Phi) is 2.74. The molecule has 1 saturated heterocycles. The molecule has 0 radical (unpaired) electrons. The lowest BCUT2D eigenvalue weighted by Gasteiger charge is -2.18.